The molecule has 0 saturated carbocycles. The van der Waals surface area contributed by atoms with Crippen molar-refractivity contribution >= 4 is 66.6 Å². The first kappa shape index (κ1) is 31.8. The molecule has 5 nitrogen and oxygen atoms in total. The Hall–Kier alpha value is -7.86. The average molecular weight is 704 g/mol. The molecule has 0 amide bonds. The maximum Gasteiger partial charge on any atom is 0.189 e. The van der Waals surface area contributed by atoms with E-state index in [1.54, 1.807) is 6.07 Å². The van der Waals surface area contributed by atoms with Crippen molar-refractivity contribution in [2.75, 3.05) is 4.90 Å². The number of furan rings is 2. The largest absolute Gasteiger partial charge is 0.456 e. The van der Waals surface area contributed by atoms with Gasteiger partial charge in [0.2, 0.25) is 0 Å². The Morgan fingerprint density at radius 3 is 1.29 bits per heavy atom. The fourth-order valence-corrected chi connectivity index (χ4v) is 7.57. The number of benzene rings is 8. The zero-order valence-electron chi connectivity index (χ0n) is 29.4. The summed E-state index contributed by atoms with van der Waals surface area (Å²) < 4.78 is 12.2. The Labute approximate surface area is 317 Å². The molecule has 0 spiro atoms. The molecule has 2 heterocycles. The molecule has 0 fully saturated rings. The maximum absolute atomic E-state index is 9.57. The van der Waals surface area contributed by atoms with Crippen molar-refractivity contribution < 1.29 is 8.83 Å². The first-order valence-electron chi connectivity index (χ1n) is 18.0. The van der Waals surface area contributed by atoms with Gasteiger partial charge in [-0.3, -0.25) is 0 Å². The molecule has 10 aromatic rings. The summed E-state index contributed by atoms with van der Waals surface area (Å²) in [4.78, 5) is 5.82. The van der Waals surface area contributed by atoms with Gasteiger partial charge in [-0.05, 0) is 124 Å². The van der Waals surface area contributed by atoms with E-state index in [4.69, 9.17) is 15.4 Å². The molecule has 0 N–H and O–H groups in total. The molecule has 10 rings (SSSR count). The van der Waals surface area contributed by atoms with Gasteiger partial charge in [0.05, 0.1) is 12.6 Å². The van der Waals surface area contributed by atoms with Crippen molar-refractivity contribution in [3.63, 3.8) is 0 Å². The van der Waals surface area contributed by atoms with Crippen molar-refractivity contribution in [3.05, 3.63) is 193 Å². The Morgan fingerprint density at radius 2 is 0.836 bits per heavy atom. The second kappa shape index (κ2) is 13.0. The third kappa shape index (κ3) is 5.65. The summed E-state index contributed by atoms with van der Waals surface area (Å²) in [5.41, 5.74) is 13.6. The lowest BCUT2D eigenvalue weighted by molar-refractivity contribution is 0.668. The van der Waals surface area contributed by atoms with E-state index in [0.717, 1.165) is 94.3 Å². The predicted molar refractivity (Wildman–Crippen MR) is 223 cm³/mol. The number of fused-ring (bicyclic) bond motifs is 6. The van der Waals surface area contributed by atoms with Gasteiger partial charge in [0.15, 0.2) is 5.69 Å². The minimum Gasteiger partial charge on any atom is -0.456 e. The van der Waals surface area contributed by atoms with E-state index in [-0.39, 0.29) is 0 Å². The van der Waals surface area contributed by atoms with Crippen LogP contribution in [0.1, 0.15) is 5.56 Å². The highest BCUT2D eigenvalue weighted by atomic mass is 16.3. The predicted octanol–water partition coefficient (Wildman–Crippen LogP) is 14.4. The second-order valence-corrected chi connectivity index (χ2v) is 13.6. The fourth-order valence-electron chi connectivity index (χ4n) is 7.57. The molecule has 0 bridgehead atoms. The molecule has 0 saturated heterocycles. The third-order valence-electron chi connectivity index (χ3n) is 10.3. The van der Waals surface area contributed by atoms with Crippen LogP contribution in [0.3, 0.4) is 0 Å². The molecule has 0 aliphatic rings. The zero-order valence-corrected chi connectivity index (χ0v) is 29.4. The highest BCUT2D eigenvalue weighted by Crippen LogP contribution is 2.40. The van der Waals surface area contributed by atoms with Gasteiger partial charge in [0.1, 0.15) is 22.3 Å². The molecule has 55 heavy (non-hydrogen) atoms. The molecule has 0 atom stereocenters. The average Bonchev–Trinajstić information content (AvgIpc) is 3.82. The molecular weight excluding hydrogens is 675 g/mol. The summed E-state index contributed by atoms with van der Waals surface area (Å²) in [5.74, 6) is 0. The topological polar surface area (TPSA) is 57.7 Å². The van der Waals surface area contributed by atoms with Crippen LogP contribution in [0.15, 0.2) is 185 Å². The summed E-state index contributed by atoms with van der Waals surface area (Å²) in [6, 6.07) is 62.0. The van der Waals surface area contributed by atoms with Gasteiger partial charge in [0, 0.05) is 44.2 Å². The molecule has 0 aliphatic carbocycles. The number of anilines is 3. The molecule has 8 aromatic carbocycles. The second-order valence-electron chi connectivity index (χ2n) is 13.6. The van der Waals surface area contributed by atoms with Gasteiger partial charge in [-0.2, -0.15) is 5.26 Å². The van der Waals surface area contributed by atoms with E-state index in [2.05, 4.69) is 113 Å². The highest BCUT2D eigenvalue weighted by molar-refractivity contribution is 6.07. The first-order chi connectivity index (χ1) is 27.1. The van der Waals surface area contributed by atoms with Crippen molar-refractivity contribution in [1.29, 1.82) is 5.26 Å². The highest BCUT2D eigenvalue weighted by Gasteiger charge is 2.16. The minimum absolute atomic E-state index is 0.445. The van der Waals surface area contributed by atoms with Crippen LogP contribution in [0.5, 0.6) is 0 Å². The molecule has 2 aromatic heterocycles. The van der Waals surface area contributed by atoms with Crippen molar-refractivity contribution in [3.8, 4) is 39.4 Å². The van der Waals surface area contributed by atoms with E-state index in [0.29, 0.717) is 11.3 Å². The quantitative estimate of drug-likeness (QED) is 0.162. The summed E-state index contributed by atoms with van der Waals surface area (Å²) >= 11 is 0. The van der Waals surface area contributed by atoms with E-state index >= 15 is 0 Å². The van der Waals surface area contributed by atoms with Crippen LogP contribution in [0.2, 0.25) is 0 Å². The van der Waals surface area contributed by atoms with Gasteiger partial charge in [0.25, 0.3) is 0 Å². The van der Waals surface area contributed by atoms with Gasteiger partial charge in [-0.25, -0.2) is 4.85 Å². The van der Waals surface area contributed by atoms with Gasteiger partial charge in [-0.1, -0.05) is 84.9 Å². The van der Waals surface area contributed by atoms with Crippen molar-refractivity contribution in [2.45, 2.75) is 0 Å². The Balaban J connectivity index is 1.03. The lowest BCUT2D eigenvalue weighted by atomic mass is 10.0. The minimum atomic E-state index is 0.445. The van der Waals surface area contributed by atoms with Crippen LogP contribution in [-0.4, -0.2) is 0 Å². The lowest BCUT2D eigenvalue weighted by Crippen LogP contribution is -2.09. The SMILES string of the molecule is [C-]#[N+]c1cc(C#N)cc(-c2ccc(N(c3ccc(-c4ccc5oc6ccccc6c5c4)cc3)c3ccc(-c4ccc5oc6ccccc6c5c4)cc3)cc2)c1. The van der Waals surface area contributed by atoms with E-state index in [1.807, 2.05) is 72.8 Å². The molecule has 5 heteroatoms. The maximum atomic E-state index is 9.57. The van der Waals surface area contributed by atoms with Gasteiger partial charge in [-0.15, -0.1) is 0 Å². The van der Waals surface area contributed by atoms with E-state index < -0.39 is 0 Å². The lowest BCUT2D eigenvalue weighted by Gasteiger charge is -2.26. The van der Waals surface area contributed by atoms with Crippen LogP contribution >= 0.6 is 0 Å². The number of rotatable bonds is 6. The summed E-state index contributed by atoms with van der Waals surface area (Å²) in [7, 11) is 0. The van der Waals surface area contributed by atoms with Crippen LogP contribution in [0.25, 0.3) is 82.1 Å². The first-order valence-corrected chi connectivity index (χ1v) is 18.0. The van der Waals surface area contributed by atoms with Crippen LogP contribution in [0, 0.1) is 17.9 Å². The standard InChI is InChI=1S/C50H29N3O2/c1-52-39-27-32(31-51)26-38(28-39)35-14-22-42(23-15-35)53(40-18-10-33(11-19-40)36-16-24-49-45(29-36)43-6-2-4-8-47(43)54-49)41-20-12-34(13-21-41)37-17-25-50-46(30-37)44-7-3-5-9-48(44)55-50/h2-30H. The zero-order chi connectivity index (χ0) is 36.9. The Bertz CT molecular complexity index is 2970. The van der Waals surface area contributed by atoms with E-state index in [1.165, 1.54) is 0 Å². The molecule has 256 valence electrons. The van der Waals surface area contributed by atoms with Gasteiger partial charge < -0.3 is 13.7 Å². The summed E-state index contributed by atoms with van der Waals surface area (Å²) in [6.45, 7) is 7.52. The van der Waals surface area contributed by atoms with Crippen LogP contribution < -0.4 is 4.90 Å². The molecule has 0 aliphatic heterocycles. The number of para-hydroxylation sites is 2. The number of hydrogen-bond donors (Lipinski definition) is 0. The fraction of sp³-hybridized carbons (Fsp3) is 0. The Kier molecular flexibility index (Phi) is 7.51. The van der Waals surface area contributed by atoms with Crippen molar-refractivity contribution in [2.24, 2.45) is 0 Å². The smallest absolute Gasteiger partial charge is 0.189 e. The number of nitrogens with zero attached hydrogens (tertiary/aromatic N) is 3. The molecular formula is C50H29N3O2. The number of hydrogen-bond acceptors (Lipinski definition) is 4. The van der Waals surface area contributed by atoms with Crippen molar-refractivity contribution in [1.82, 2.24) is 0 Å². The summed E-state index contributed by atoms with van der Waals surface area (Å²) in [6.07, 6.45) is 0. The Morgan fingerprint density at radius 1 is 0.418 bits per heavy atom. The summed E-state index contributed by atoms with van der Waals surface area (Å²) in [5, 5.41) is 14.0. The third-order valence-corrected chi connectivity index (χ3v) is 10.3. The molecule has 0 radical (unpaired) electrons. The molecule has 0 unspecified atom stereocenters. The number of nitriles is 1. The normalized spacial score (nSPS) is 11.2. The van der Waals surface area contributed by atoms with Crippen LogP contribution in [-0.2, 0) is 0 Å². The van der Waals surface area contributed by atoms with Gasteiger partial charge >= 0.3 is 0 Å². The van der Waals surface area contributed by atoms with E-state index in [9.17, 15) is 5.26 Å². The van der Waals surface area contributed by atoms with Crippen LogP contribution in [0.4, 0.5) is 22.7 Å². The monoisotopic (exact) mass is 703 g/mol.